The maximum absolute atomic E-state index is 11.9. The van der Waals surface area contributed by atoms with E-state index in [2.05, 4.69) is 15.6 Å². The number of thiazole rings is 1. The molecule has 100 valence electrons. The molecule has 1 unspecified atom stereocenters. The molecule has 6 heteroatoms. The zero-order chi connectivity index (χ0) is 13.8. The number of phenols is 1. The van der Waals surface area contributed by atoms with Crippen LogP contribution in [0.25, 0.3) is 0 Å². The van der Waals surface area contributed by atoms with E-state index in [1.807, 2.05) is 19.4 Å². The highest BCUT2D eigenvalue weighted by atomic mass is 32.1. The molecule has 1 amide bonds. The van der Waals surface area contributed by atoms with Crippen molar-refractivity contribution >= 4 is 22.4 Å². The van der Waals surface area contributed by atoms with Crippen LogP contribution in [-0.2, 0) is 0 Å². The number of nitrogens with zero attached hydrogens (tertiary/aromatic N) is 1. The minimum Gasteiger partial charge on any atom is -0.508 e. The molecule has 1 aromatic carbocycles. The predicted octanol–water partition coefficient (Wildman–Crippen LogP) is 2.38. The molecule has 1 heterocycles. The second kappa shape index (κ2) is 5.81. The summed E-state index contributed by atoms with van der Waals surface area (Å²) in [6.07, 6.45) is 0. The van der Waals surface area contributed by atoms with Crippen molar-refractivity contribution in [3.05, 3.63) is 40.9 Å². The van der Waals surface area contributed by atoms with Gasteiger partial charge >= 0.3 is 0 Å². The first-order valence-corrected chi connectivity index (χ1v) is 6.71. The van der Waals surface area contributed by atoms with Gasteiger partial charge in [0.05, 0.1) is 5.69 Å². The van der Waals surface area contributed by atoms with Crippen molar-refractivity contribution in [3.8, 4) is 5.75 Å². The Morgan fingerprint density at radius 2 is 2.05 bits per heavy atom. The Morgan fingerprint density at radius 1 is 1.37 bits per heavy atom. The van der Waals surface area contributed by atoms with Crippen LogP contribution in [0.15, 0.2) is 29.6 Å². The molecule has 0 saturated carbocycles. The van der Waals surface area contributed by atoms with Gasteiger partial charge in [0.2, 0.25) is 0 Å². The number of rotatable bonds is 4. The number of aromatic nitrogens is 1. The maximum Gasteiger partial charge on any atom is 0.257 e. The van der Waals surface area contributed by atoms with E-state index in [1.165, 1.54) is 23.5 Å². The summed E-state index contributed by atoms with van der Waals surface area (Å²) in [7, 11) is 1.86. The average Bonchev–Trinajstić information content (AvgIpc) is 2.87. The summed E-state index contributed by atoms with van der Waals surface area (Å²) in [6.45, 7) is 2.00. The molecule has 1 atom stereocenters. The predicted molar refractivity (Wildman–Crippen MR) is 75.6 cm³/mol. The summed E-state index contributed by atoms with van der Waals surface area (Å²) in [5, 5.41) is 17.5. The lowest BCUT2D eigenvalue weighted by atomic mass is 10.2. The fraction of sp³-hybridized carbons (Fsp3) is 0.231. The van der Waals surface area contributed by atoms with Gasteiger partial charge in [-0.2, -0.15) is 0 Å². The molecular weight excluding hydrogens is 262 g/mol. The number of amides is 1. The standard InChI is InChI=1S/C13H15N3O2S/c1-8(14-2)11-7-19-13(15-11)16-12(18)9-3-5-10(17)6-4-9/h3-8,14,17H,1-2H3,(H,15,16,18). The zero-order valence-corrected chi connectivity index (χ0v) is 11.5. The van der Waals surface area contributed by atoms with E-state index >= 15 is 0 Å². The van der Waals surface area contributed by atoms with Gasteiger partial charge in [-0.1, -0.05) is 0 Å². The second-order valence-electron chi connectivity index (χ2n) is 4.09. The summed E-state index contributed by atoms with van der Waals surface area (Å²) >= 11 is 1.39. The van der Waals surface area contributed by atoms with Crippen molar-refractivity contribution in [1.82, 2.24) is 10.3 Å². The molecular formula is C13H15N3O2S. The van der Waals surface area contributed by atoms with Crippen molar-refractivity contribution in [2.24, 2.45) is 0 Å². The number of hydrogen-bond acceptors (Lipinski definition) is 5. The first-order valence-electron chi connectivity index (χ1n) is 5.83. The summed E-state index contributed by atoms with van der Waals surface area (Å²) < 4.78 is 0. The Kier molecular flexibility index (Phi) is 4.13. The normalized spacial score (nSPS) is 12.1. The van der Waals surface area contributed by atoms with Crippen LogP contribution < -0.4 is 10.6 Å². The lowest BCUT2D eigenvalue weighted by molar-refractivity contribution is 0.102. The fourth-order valence-corrected chi connectivity index (χ4v) is 2.27. The number of carbonyl (C=O) groups excluding carboxylic acids is 1. The van der Waals surface area contributed by atoms with Gasteiger partial charge in [-0.25, -0.2) is 4.98 Å². The number of nitrogens with one attached hydrogen (secondary N) is 2. The lowest BCUT2D eigenvalue weighted by Gasteiger charge is -2.05. The molecule has 19 heavy (non-hydrogen) atoms. The van der Waals surface area contributed by atoms with E-state index in [0.717, 1.165) is 5.69 Å². The van der Waals surface area contributed by atoms with E-state index in [4.69, 9.17) is 0 Å². The largest absolute Gasteiger partial charge is 0.508 e. The Morgan fingerprint density at radius 3 is 2.68 bits per heavy atom. The Labute approximate surface area is 115 Å². The van der Waals surface area contributed by atoms with Crippen LogP contribution in [0.4, 0.5) is 5.13 Å². The highest BCUT2D eigenvalue weighted by Crippen LogP contribution is 2.21. The van der Waals surface area contributed by atoms with E-state index in [1.54, 1.807) is 12.1 Å². The summed E-state index contributed by atoms with van der Waals surface area (Å²) in [6, 6.07) is 6.23. The third-order valence-electron chi connectivity index (χ3n) is 2.75. The minimum atomic E-state index is -0.238. The molecule has 0 saturated heterocycles. The molecule has 0 radical (unpaired) electrons. The van der Waals surface area contributed by atoms with Gasteiger partial charge in [-0.05, 0) is 38.2 Å². The number of anilines is 1. The smallest absolute Gasteiger partial charge is 0.257 e. The van der Waals surface area contributed by atoms with Crippen LogP contribution in [0.3, 0.4) is 0 Å². The quantitative estimate of drug-likeness (QED) is 0.802. The molecule has 3 N–H and O–H groups in total. The third kappa shape index (κ3) is 3.30. The zero-order valence-electron chi connectivity index (χ0n) is 10.7. The second-order valence-corrected chi connectivity index (χ2v) is 4.95. The van der Waals surface area contributed by atoms with Gasteiger partial charge in [-0.15, -0.1) is 11.3 Å². The van der Waals surface area contributed by atoms with Crippen LogP contribution in [0, 0.1) is 0 Å². The molecule has 2 rings (SSSR count). The average molecular weight is 277 g/mol. The molecule has 0 aliphatic rings. The molecule has 0 bridgehead atoms. The van der Waals surface area contributed by atoms with Crippen LogP contribution in [0.1, 0.15) is 29.0 Å². The van der Waals surface area contributed by atoms with Crippen LogP contribution >= 0.6 is 11.3 Å². The number of carbonyl (C=O) groups is 1. The molecule has 0 fully saturated rings. The Balaban J connectivity index is 2.06. The molecule has 0 aliphatic carbocycles. The van der Waals surface area contributed by atoms with Gasteiger partial charge < -0.3 is 10.4 Å². The van der Waals surface area contributed by atoms with E-state index in [0.29, 0.717) is 10.7 Å². The lowest BCUT2D eigenvalue weighted by Crippen LogP contribution is -2.14. The Bertz CT molecular complexity index is 566. The first kappa shape index (κ1) is 13.5. The maximum atomic E-state index is 11.9. The number of phenolic OH excluding ortho intramolecular Hbond substituents is 1. The summed E-state index contributed by atoms with van der Waals surface area (Å²) in [5.41, 5.74) is 1.38. The number of benzene rings is 1. The van der Waals surface area contributed by atoms with E-state index < -0.39 is 0 Å². The van der Waals surface area contributed by atoms with Gasteiger partial charge in [-0.3, -0.25) is 10.1 Å². The van der Waals surface area contributed by atoms with Crippen LogP contribution in [0.2, 0.25) is 0 Å². The highest BCUT2D eigenvalue weighted by molar-refractivity contribution is 7.14. The molecule has 2 aromatic rings. The first-order chi connectivity index (χ1) is 9.10. The van der Waals surface area contributed by atoms with Gasteiger partial charge in [0.25, 0.3) is 5.91 Å². The number of hydrogen-bond donors (Lipinski definition) is 3. The fourth-order valence-electron chi connectivity index (χ4n) is 1.47. The van der Waals surface area contributed by atoms with Gasteiger partial charge in [0.1, 0.15) is 5.75 Å². The van der Waals surface area contributed by atoms with Gasteiger partial charge in [0.15, 0.2) is 5.13 Å². The van der Waals surface area contributed by atoms with Crippen molar-refractivity contribution in [1.29, 1.82) is 0 Å². The van der Waals surface area contributed by atoms with Gasteiger partial charge in [0, 0.05) is 17.0 Å². The molecule has 0 spiro atoms. The highest BCUT2D eigenvalue weighted by Gasteiger charge is 2.11. The van der Waals surface area contributed by atoms with Crippen LogP contribution in [-0.4, -0.2) is 23.0 Å². The Hall–Kier alpha value is -1.92. The minimum absolute atomic E-state index is 0.135. The van der Waals surface area contributed by atoms with E-state index in [-0.39, 0.29) is 17.7 Å². The number of aromatic hydroxyl groups is 1. The third-order valence-corrected chi connectivity index (χ3v) is 3.52. The summed E-state index contributed by atoms with van der Waals surface area (Å²) in [4.78, 5) is 16.3. The topological polar surface area (TPSA) is 74.2 Å². The van der Waals surface area contributed by atoms with Crippen molar-refractivity contribution in [2.45, 2.75) is 13.0 Å². The summed E-state index contributed by atoms with van der Waals surface area (Å²) in [5.74, 6) is -0.103. The molecule has 5 nitrogen and oxygen atoms in total. The monoisotopic (exact) mass is 277 g/mol. The SMILES string of the molecule is CNC(C)c1csc(NC(=O)c2ccc(O)cc2)n1. The molecule has 0 aliphatic heterocycles. The van der Waals surface area contributed by atoms with E-state index in [9.17, 15) is 9.90 Å². The van der Waals surface area contributed by atoms with Crippen molar-refractivity contribution < 1.29 is 9.90 Å². The van der Waals surface area contributed by atoms with Crippen LogP contribution in [0.5, 0.6) is 5.75 Å². The van der Waals surface area contributed by atoms with Crippen molar-refractivity contribution in [3.63, 3.8) is 0 Å². The van der Waals surface area contributed by atoms with Crippen molar-refractivity contribution in [2.75, 3.05) is 12.4 Å². The molecule has 1 aromatic heterocycles.